The molecular formula is C9H9IO3. The van der Waals surface area contributed by atoms with Gasteiger partial charge in [0.2, 0.25) is 0 Å². The molecule has 0 aromatic heterocycles. The van der Waals surface area contributed by atoms with Crippen molar-refractivity contribution < 1.29 is 15.0 Å². The fourth-order valence-corrected chi connectivity index (χ4v) is 1.56. The molecule has 1 aromatic rings. The second-order valence-electron chi connectivity index (χ2n) is 2.67. The molecule has 70 valence electrons. The second-order valence-corrected chi connectivity index (χ2v) is 3.91. The number of rotatable bonds is 3. The SMILES string of the molecule is O=C(O)C[C@H](O)c1cccc(I)c1. The highest BCUT2D eigenvalue weighted by molar-refractivity contribution is 14.1. The van der Waals surface area contributed by atoms with Gasteiger partial charge < -0.3 is 10.2 Å². The Labute approximate surface area is 89.5 Å². The predicted octanol–water partition coefficient (Wildman–Crippen LogP) is 1.80. The molecule has 3 nitrogen and oxygen atoms in total. The maximum absolute atomic E-state index is 10.3. The average molecular weight is 292 g/mol. The summed E-state index contributed by atoms with van der Waals surface area (Å²) in [4.78, 5) is 10.3. The number of carboxylic acid groups (broad SMARTS) is 1. The molecule has 1 rings (SSSR count). The summed E-state index contributed by atoms with van der Waals surface area (Å²) in [6.45, 7) is 0. The largest absolute Gasteiger partial charge is 0.481 e. The summed E-state index contributed by atoms with van der Waals surface area (Å²) in [5.74, 6) is -0.994. The third kappa shape index (κ3) is 3.31. The van der Waals surface area contributed by atoms with E-state index in [0.29, 0.717) is 5.56 Å². The van der Waals surface area contributed by atoms with Gasteiger partial charge >= 0.3 is 5.97 Å². The van der Waals surface area contributed by atoms with E-state index < -0.39 is 12.1 Å². The normalized spacial score (nSPS) is 12.5. The Morgan fingerprint density at radius 3 is 2.77 bits per heavy atom. The van der Waals surface area contributed by atoms with Crippen LogP contribution in [-0.4, -0.2) is 16.2 Å². The Bertz CT molecular complexity index is 311. The van der Waals surface area contributed by atoms with Crippen LogP contribution in [-0.2, 0) is 4.79 Å². The van der Waals surface area contributed by atoms with Crippen molar-refractivity contribution in [2.24, 2.45) is 0 Å². The Morgan fingerprint density at radius 1 is 1.54 bits per heavy atom. The minimum Gasteiger partial charge on any atom is -0.481 e. The first-order valence-corrected chi connectivity index (χ1v) is 4.83. The molecule has 1 atom stereocenters. The summed E-state index contributed by atoms with van der Waals surface area (Å²) in [6.07, 6.45) is -1.16. The molecule has 0 saturated heterocycles. The first-order chi connectivity index (χ1) is 6.09. The number of halogens is 1. The van der Waals surface area contributed by atoms with Crippen LogP contribution in [0.2, 0.25) is 0 Å². The highest BCUT2D eigenvalue weighted by Crippen LogP contribution is 2.18. The summed E-state index contributed by atoms with van der Waals surface area (Å²) in [5.41, 5.74) is 0.648. The molecule has 0 bridgehead atoms. The van der Waals surface area contributed by atoms with Gasteiger partial charge in [-0.25, -0.2) is 0 Å². The lowest BCUT2D eigenvalue weighted by atomic mass is 10.1. The van der Waals surface area contributed by atoms with Gasteiger partial charge in [-0.3, -0.25) is 4.79 Å². The number of aliphatic carboxylic acids is 1. The summed E-state index contributed by atoms with van der Waals surface area (Å²) < 4.78 is 0.986. The average Bonchev–Trinajstić information content (AvgIpc) is 2.03. The van der Waals surface area contributed by atoms with Crippen LogP contribution in [0.1, 0.15) is 18.1 Å². The van der Waals surface area contributed by atoms with Crippen LogP contribution in [0.25, 0.3) is 0 Å². The van der Waals surface area contributed by atoms with Crippen LogP contribution in [0.15, 0.2) is 24.3 Å². The van der Waals surface area contributed by atoms with Crippen LogP contribution in [0, 0.1) is 3.57 Å². The topological polar surface area (TPSA) is 57.5 Å². The van der Waals surface area contributed by atoms with Gasteiger partial charge in [-0.15, -0.1) is 0 Å². The van der Waals surface area contributed by atoms with E-state index in [2.05, 4.69) is 22.6 Å². The fraction of sp³-hybridized carbons (Fsp3) is 0.222. The van der Waals surface area contributed by atoms with E-state index in [0.717, 1.165) is 3.57 Å². The zero-order valence-corrected chi connectivity index (χ0v) is 8.93. The van der Waals surface area contributed by atoms with Gasteiger partial charge in [-0.2, -0.15) is 0 Å². The van der Waals surface area contributed by atoms with Gasteiger partial charge in [-0.05, 0) is 40.3 Å². The standard InChI is InChI=1S/C9H9IO3/c10-7-3-1-2-6(4-7)8(11)5-9(12)13/h1-4,8,11H,5H2,(H,12,13)/t8-/m0/s1. The molecule has 0 amide bonds. The molecule has 0 radical (unpaired) electrons. The molecule has 0 aliphatic carbocycles. The van der Waals surface area contributed by atoms with E-state index >= 15 is 0 Å². The summed E-state index contributed by atoms with van der Waals surface area (Å²) >= 11 is 2.11. The number of carboxylic acids is 1. The van der Waals surface area contributed by atoms with Crippen LogP contribution in [0.5, 0.6) is 0 Å². The van der Waals surface area contributed by atoms with Gasteiger partial charge in [-0.1, -0.05) is 12.1 Å². The maximum Gasteiger partial charge on any atom is 0.306 e. The van der Waals surface area contributed by atoms with Gasteiger partial charge in [0.05, 0.1) is 12.5 Å². The third-order valence-electron chi connectivity index (χ3n) is 1.60. The highest BCUT2D eigenvalue weighted by Gasteiger charge is 2.11. The van der Waals surface area contributed by atoms with Crippen LogP contribution < -0.4 is 0 Å². The molecule has 1 aromatic carbocycles. The minimum atomic E-state index is -0.994. The van der Waals surface area contributed by atoms with Gasteiger partial charge in [0.25, 0.3) is 0 Å². The number of hydrogen-bond donors (Lipinski definition) is 2. The first kappa shape index (κ1) is 10.5. The van der Waals surface area contributed by atoms with Crippen molar-refractivity contribution in [3.05, 3.63) is 33.4 Å². The van der Waals surface area contributed by atoms with Gasteiger partial charge in [0.1, 0.15) is 0 Å². The molecule has 0 saturated carbocycles. The smallest absolute Gasteiger partial charge is 0.306 e. The van der Waals surface area contributed by atoms with Crippen molar-refractivity contribution in [2.75, 3.05) is 0 Å². The summed E-state index contributed by atoms with van der Waals surface area (Å²) in [5, 5.41) is 17.9. The van der Waals surface area contributed by atoms with Crippen molar-refractivity contribution in [2.45, 2.75) is 12.5 Å². The lowest BCUT2D eigenvalue weighted by molar-refractivity contribution is -0.139. The fourth-order valence-electron chi connectivity index (χ4n) is 0.997. The van der Waals surface area contributed by atoms with Crippen molar-refractivity contribution in [3.8, 4) is 0 Å². The third-order valence-corrected chi connectivity index (χ3v) is 2.27. The zero-order chi connectivity index (χ0) is 9.84. The number of aliphatic hydroxyl groups excluding tert-OH is 1. The lowest BCUT2D eigenvalue weighted by Gasteiger charge is -2.07. The molecule has 0 heterocycles. The Kier molecular flexibility index (Phi) is 3.68. The number of carbonyl (C=O) groups is 1. The molecule has 0 spiro atoms. The molecule has 2 N–H and O–H groups in total. The van der Waals surface area contributed by atoms with E-state index in [-0.39, 0.29) is 6.42 Å². The minimum absolute atomic E-state index is 0.250. The summed E-state index contributed by atoms with van der Waals surface area (Å²) in [7, 11) is 0. The molecule has 13 heavy (non-hydrogen) atoms. The van der Waals surface area contributed by atoms with Crippen molar-refractivity contribution in [1.29, 1.82) is 0 Å². The van der Waals surface area contributed by atoms with Gasteiger partial charge in [0.15, 0.2) is 0 Å². The molecule has 0 aliphatic heterocycles. The highest BCUT2D eigenvalue weighted by atomic mass is 127. The van der Waals surface area contributed by atoms with E-state index in [9.17, 15) is 9.90 Å². The molecule has 0 unspecified atom stereocenters. The molecule has 0 aliphatic rings. The Morgan fingerprint density at radius 2 is 2.23 bits per heavy atom. The lowest BCUT2D eigenvalue weighted by Crippen LogP contribution is -2.05. The Balaban J connectivity index is 2.76. The monoisotopic (exact) mass is 292 g/mol. The quantitative estimate of drug-likeness (QED) is 0.835. The van der Waals surface area contributed by atoms with Gasteiger partial charge in [0, 0.05) is 3.57 Å². The number of hydrogen-bond acceptors (Lipinski definition) is 2. The number of aliphatic hydroxyl groups is 1. The van der Waals surface area contributed by atoms with Crippen molar-refractivity contribution in [1.82, 2.24) is 0 Å². The molecule has 4 heteroatoms. The number of benzene rings is 1. The van der Waals surface area contributed by atoms with E-state index in [1.807, 2.05) is 6.07 Å². The van der Waals surface area contributed by atoms with Crippen LogP contribution in [0.3, 0.4) is 0 Å². The van der Waals surface area contributed by atoms with E-state index in [1.54, 1.807) is 18.2 Å². The molecule has 0 fully saturated rings. The first-order valence-electron chi connectivity index (χ1n) is 3.75. The van der Waals surface area contributed by atoms with E-state index in [1.165, 1.54) is 0 Å². The molecular weight excluding hydrogens is 283 g/mol. The predicted molar refractivity (Wildman–Crippen MR) is 56.4 cm³/mol. The van der Waals surface area contributed by atoms with E-state index in [4.69, 9.17) is 5.11 Å². The maximum atomic E-state index is 10.3. The van der Waals surface area contributed by atoms with Crippen LogP contribution >= 0.6 is 22.6 Å². The van der Waals surface area contributed by atoms with Crippen molar-refractivity contribution >= 4 is 28.6 Å². The van der Waals surface area contributed by atoms with Crippen LogP contribution in [0.4, 0.5) is 0 Å². The zero-order valence-electron chi connectivity index (χ0n) is 6.77. The second kappa shape index (κ2) is 4.57. The van der Waals surface area contributed by atoms with Crippen molar-refractivity contribution in [3.63, 3.8) is 0 Å². The summed E-state index contributed by atoms with van der Waals surface area (Å²) in [6, 6.07) is 7.17. The Hall–Kier alpha value is -0.620.